The number of esters is 1. The minimum atomic E-state index is -3.89. The Labute approximate surface area is 191 Å². The van der Waals surface area contributed by atoms with Crippen molar-refractivity contribution in [2.45, 2.75) is 43.2 Å². The summed E-state index contributed by atoms with van der Waals surface area (Å²) in [5, 5.41) is 13.4. The van der Waals surface area contributed by atoms with E-state index >= 15 is 0 Å². The van der Waals surface area contributed by atoms with Crippen LogP contribution in [0.3, 0.4) is 0 Å². The molecule has 1 amide bonds. The van der Waals surface area contributed by atoms with Crippen molar-refractivity contribution in [3.05, 3.63) is 69.8 Å². The van der Waals surface area contributed by atoms with Gasteiger partial charge in [-0.05, 0) is 37.5 Å². The highest BCUT2D eigenvalue weighted by Gasteiger charge is 2.40. The second-order valence-corrected chi connectivity index (χ2v) is 9.69. The number of carbonyl (C=O) groups excluding carboxylic acids is 2. The molecule has 0 aliphatic carbocycles. The van der Waals surface area contributed by atoms with Gasteiger partial charge in [-0.2, -0.15) is 4.31 Å². The number of non-ortho nitro benzene ring substituents is 1. The van der Waals surface area contributed by atoms with Crippen molar-refractivity contribution in [2.24, 2.45) is 0 Å². The number of nitro groups is 1. The SMILES string of the molecule is COC(=O)[C@H](Cc1ccc([N+](=O)[O-])cc1)NC(=O)[C@@H]1CCCN1S(=O)(=O)c1ccc(C)cc1. The maximum absolute atomic E-state index is 13.1. The first-order valence-corrected chi connectivity index (χ1v) is 11.8. The van der Waals surface area contributed by atoms with Crippen molar-refractivity contribution in [3.8, 4) is 0 Å². The molecule has 0 bridgehead atoms. The molecule has 1 aliphatic heterocycles. The number of nitro benzene ring substituents is 1. The van der Waals surface area contributed by atoms with E-state index in [1.807, 2.05) is 6.92 Å². The second kappa shape index (κ2) is 10.1. The fourth-order valence-corrected chi connectivity index (χ4v) is 5.38. The van der Waals surface area contributed by atoms with Crippen LogP contribution >= 0.6 is 0 Å². The van der Waals surface area contributed by atoms with Gasteiger partial charge in [0.25, 0.3) is 5.69 Å². The topological polar surface area (TPSA) is 136 Å². The lowest BCUT2D eigenvalue weighted by molar-refractivity contribution is -0.384. The van der Waals surface area contributed by atoms with E-state index in [1.165, 1.54) is 43.5 Å². The average molecular weight is 476 g/mol. The third-order valence-electron chi connectivity index (χ3n) is 5.52. The van der Waals surface area contributed by atoms with Gasteiger partial charge in [-0.3, -0.25) is 14.9 Å². The first-order valence-electron chi connectivity index (χ1n) is 10.3. The van der Waals surface area contributed by atoms with Gasteiger partial charge in [-0.25, -0.2) is 13.2 Å². The van der Waals surface area contributed by atoms with Crippen molar-refractivity contribution < 1.29 is 27.7 Å². The number of methoxy groups -OCH3 is 1. The van der Waals surface area contributed by atoms with Crippen LogP contribution in [0.2, 0.25) is 0 Å². The van der Waals surface area contributed by atoms with E-state index < -0.39 is 38.9 Å². The van der Waals surface area contributed by atoms with Crippen LogP contribution in [0.25, 0.3) is 0 Å². The molecule has 33 heavy (non-hydrogen) atoms. The third-order valence-corrected chi connectivity index (χ3v) is 7.45. The summed E-state index contributed by atoms with van der Waals surface area (Å²) >= 11 is 0. The molecule has 10 nitrogen and oxygen atoms in total. The van der Waals surface area contributed by atoms with Crippen molar-refractivity contribution in [3.63, 3.8) is 0 Å². The fraction of sp³-hybridized carbons (Fsp3) is 0.364. The predicted molar refractivity (Wildman–Crippen MR) is 119 cm³/mol. The van der Waals surface area contributed by atoms with Crippen molar-refractivity contribution in [1.82, 2.24) is 9.62 Å². The van der Waals surface area contributed by atoms with E-state index in [0.29, 0.717) is 18.4 Å². The molecule has 0 spiro atoms. The molecule has 176 valence electrons. The van der Waals surface area contributed by atoms with Crippen LogP contribution in [-0.4, -0.2) is 55.3 Å². The Bertz CT molecular complexity index is 1130. The van der Waals surface area contributed by atoms with Crippen LogP contribution in [0.1, 0.15) is 24.0 Å². The van der Waals surface area contributed by atoms with E-state index in [9.17, 15) is 28.1 Å². The van der Waals surface area contributed by atoms with E-state index in [-0.39, 0.29) is 23.5 Å². The first-order chi connectivity index (χ1) is 15.6. The predicted octanol–water partition coefficient (Wildman–Crippen LogP) is 1.96. The second-order valence-electron chi connectivity index (χ2n) is 7.80. The molecule has 1 saturated heterocycles. The number of nitrogens with one attached hydrogen (secondary N) is 1. The number of nitrogens with zero attached hydrogens (tertiary/aromatic N) is 2. The molecule has 0 unspecified atom stereocenters. The van der Waals surface area contributed by atoms with Crippen molar-refractivity contribution in [2.75, 3.05) is 13.7 Å². The van der Waals surface area contributed by atoms with E-state index in [0.717, 1.165) is 9.87 Å². The lowest BCUT2D eigenvalue weighted by atomic mass is 10.0. The van der Waals surface area contributed by atoms with Crippen LogP contribution in [0, 0.1) is 17.0 Å². The normalized spacial score (nSPS) is 17.3. The zero-order valence-electron chi connectivity index (χ0n) is 18.3. The largest absolute Gasteiger partial charge is 0.467 e. The number of aryl methyl sites for hydroxylation is 1. The number of carbonyl (C=O) groups is 2. The van der Waals surface area contributed by atoms with Gasteiger partial charge in [0.05, 0.1) is 16.9 Å². The molecule has 2 aromatic rings. The van der Waals surface area contributed by atoms with Crippen LogP contribution in [-0.2, 0) is 30.8 Å². The number of benzene rings is 2. The summed E-state index contributed by atoms with van der Waals surface area (Å²) in [6, 6.07) is 9.94. The molecule has 1 fully saturated rings. The number of hydrogen-bond donors (Lipinski definition) is 1. The minimum Gasteiger partial charge on any atom is -0.467 e. The summed E-state index contributed by atoms with van der Waals surface area (Å²) in [7, 11) is -2.71. The summed E-state index contributed by atoms with van der Waals surface area (Å²) in [6.07, 6.45) is 0.866. The Morgan fingerprint density at radius 1 is 1.18 bits per heavy atom. The van der Waals surface area contributed by atoms with Gasteiger partial charge in [0.1, 0.15) is 12.1 Å². The van der Waals surface area contributed by atoms with Crippen LogP contribution < -0.4 is 5.32 Å². The molecule has 1 N–H and O–H groups in total. The molecule has 1 heterocycles. The summed E-state index contributed by atoms with van der Waals surface area (Å²) in [5.41, 5.74) is 1.39. The summed E-state index contributed by atoms with van der Waals surface area (Å²) in [5.74, 6) is -1.30. The first kappa shape index (κ1) is 24.3. The third kappa shape index (κ3) is 5.55. The van der Waals surface area contributed by atoms with Crippen LogP contribution in [0.4, 0.5) is 5.69 Å². The van der Waals surface area contributed by atoms with Crippen LogP contribution in [0.5, 0.6) is 0 Å². The molecule has 0 radical (unpaired) electrons. The van der Waals surface area contributed by atoms with E-state index in [4.69, 9.17) is 4.74 Å². The van der Waals surface area contributed by atoms with Gasteiger partial charge in [0.2, 0.25) is 15.9 Å². The Kier molecular flexibility index (Phi) is 7.44. The Morgan fingerprint density at radius 3 is 2.39 bits per heavy atom. The highest BCUT2D eigenvalue weighted by molar-refractivity contribution is 7.89. The summed E-state index contributed by atoms with van der Waals surface area (Å²) in [6.45, 7) is 2.04. The molecule has 2 aromatic carbocycles. The molecule has 0 saturated carbocycles. The Hall–Kier alpha value is -3.31. The molecule has 2 atom stereocenters. The summed E-state index contributed by atoms with van der Waals surface area (Å²) < 4.78 is 32.2. The maximum Gasteiger partial charge on any atom is 0.328 e. The molecule has 1 aliphatic rings. The number of amides is 1. The minimum absolute atomic E-state index is 0.0356. The average Bonchev–Trinajstić information content (AvgIpc) is 3.30. The molecule has 3 rings (SSSR count). The lowest BCUT2D eigenvalue weighted by Gasteiger charge is -2.25. The number of ether oxygens (including phenoxy) is 1. The quantitative estimate of drug-likeness (QED) is 0.350. The van der Waals surface area contributed by atoms with E-state index in [2.05, 4.69) is 5.32 Å². The van der Waals surface area contributed by atoms with Gasteiger partial charge >= 0.3 is 5.97 Å². The molecule has 11 heteroatoms. The zero-order valence-corrected chi connectivity index (χ0v) is 19.1. The standard InChI is InChI=1S/C22H25N3O7S/c1-15-5-11-18(12-6-15)33(30,31)24-13-3-4-20(24)21(26)23-19(22(27)32-2)14-16-7-9-17(10-8-16)25(28)29/h5-12,19-20H,3-4,13-14H2,1-2H3,(H,23,26)/t19-,20-/m0/s1. The van der Waals surface area contributed by atoms with Gasteiger partial charge in [-0.1, -0.05) is 29.8 Å². The zero-order chi connectivity index (χ0) is 24.2. The van der Waals surface area contributed by atoms with Crippen molar-refractivity contribution in [1.29, 1.82) is 0 Å². The maximum atomic E-state index is 13.1. The van der Waals surface area contributed by atoms with Crippen LogP contribution in [0.15, 0.2) is 53.4 Å². The lowest BCUT2D eigenvalue weighted by Crippen LogP contribution is -2.51. The molecular formula is C22H25N3O7S. The molecular weight excluding hydrogens is 450 g/mol. The highest BCUT2D eigenvalue weighted by Crippen LogP contribution is 2.26. The summed E-state index contributed by atoms with van der Waals surface area (Å²) in [4.78, 5) is 35.7. The Morgan fingerprint density at radius 2 is 1.82 bits per heavy atom. The molecule has 0 aromatic heterocycles. The highest BCUT2D eigenvalue weighted by atomic mass is 32.2. The number of sulfonamides is 1. The van der Waals surface area contributed by atoms with Gasteiger partial charge in [0.15, 0.2) is 0 Å². The smallest absolute Gasteiger partial charge is 0.328 e. The van der Waals surface area contributed by atoms with E-state index in [1.54, 1.807) is 12.1 Å². The van der Waals surface area contributed by atoms with Crippen molar-refractivity contribution >= 4 is 27.6 Å². The fourth-order valence-electron chi connectivity index (χ4n) is 3.73. The number of rotatable bonds is 8. The van der Waals surface area contributed by atoms with Gasteiger partial charge in [-0.15, -0.1) is 0 Å². The monoisotopic (exact) mass is 475 g/mol. The van der Waals surface area contributed by atoms with Gasteiger partial charge < -0.3 is 10.1 Å². The Balaban J connectivity index is 1.77. The number of hydrogen-bond acceptors (Lipinski definition) is 7. The van der Waals surface area contributed by atoms with Gasteiger partial charge in [0, 0.05) is 25.1 Å².